The molecule has 18 heavy (non-hydrogen) atoms. The summed E-state index contributed by atoms with van der Waals surface area (Å²) in [6.45, 7) is 12.7. The van der Waals surface area contributed by atoms with Gasteiger partial charge in [-0.15, -0.1) is 0 Å². The van der Waals surface area contributed by atoms with Gasteiger partial charge in [-0.2, -0.15) is 0 Å². The number of rotatable bonds is 3. The summed E-state index contributed by atoms with van der Waals surface area (Å²) in [6.07, 6.45) is 3.06. The van der Waals surface area contributed by atoms with E-state index in [1.807, 2.05) is 12.2 Å². The maximum atomic E-state index is 10.8. The van der Waals surface area contributed by atoms with Gasteiger partial charge in [0.25, 0.3) is 0 Å². The monoisotopic (exact) mass is 272 g/mol. The van der Waals surface area contributed by atoms with E-state index in [0.717, 1.165) is 0 Å². The maximum absolute atomic E-state index is 10.8. The van der Waals surface area contributed by atoms with Crippen molar-refractivity contribution >= 4 is 14.3 Å². The Balaban J connectivity index is 2.55. The first-order valence-corrected chi connectivity index (χ1v) is 9.17. The van der Waals surface area contributed by atoms with Crippen LogP contribution in [-0.2, 0) is 18.7 Å². The van der Waals surface area contributed by atoms with Gasteiger partial charge in [-0.25, -0.2) is 0 Å². The second kappa shape index (κ2) is 5.55. The summed E-state index contributed by atoms with van der Waals surface area (Å²) >= 11 is 0. The molecule has 2 atom stereocenters. The van der Waals surface area contributed by atoms with E-state index in [1.165, 1.54) is 6.92 Å². The van der Waals surface area contributed by atoms with Crippen LogP contribution in [0.2, 0.25) is 18.1 Å². The van der Waals surface area contributed by atoms with Crippen molar-refractivity contribution in [2.75, 3.05) is 6.61 Å². The van der Waals surface area contributed by atoms with E-state index in [1.54, 1.807) is 0 Å². The molecule has 0 aromatic heterocycles. The molecule has 0 saturated carbocycles. The molecule has 0 saturated heterocycles. The highest BCUT2D eigenvalue weighted by Crippen LogP contribution is 2.37. The third-order valence-electron chi connectivity index (χ3n) is 3.44. The molecule has 0 aromatic rings. The van der Waals surface area contributed by atoms with Crippen LogP contribution in [0.3, 0.4) is 0 Å². The van der Waals surface area contributed by atoms with Crippen LogP contribution in [-0.4, -0.2) is 33.3 Å². The van der Waals surface area contributed by atoms with Gasteiger partial charge in [0.2, 0.25) is 0 Å². The van der Waals surface area contributed by atoms with Crippen molar-refractivity contribution in [3.63, 3.8) is 0 Å². The summed E-state index contributed by atoms with van der Waals surface area (Å²) in [5.41, 5.74) is 0. The molecular weight excluding hydrogens is 248 g/mol. The van der Waals surface area contributed by atoms with E-state index in [-0.39, 0.29) is 23.4 Å². The van der Waals surface area contributed by atoms with Crippen LogP contribution in [0.5, 0.6) is 0 Å². The number of ether oxygens (including phenoxy) is 2. The number of carbonyl (C=O) groups excluding carboxylic acids is 1. The van der Waals surface area contributed by atoms with E-state index in [2.05, 4.69) is 33.9 Å². The molecule has 1 heterocycles. The third kappa shape index (κ3) is 4.22. The van der Waals surface area contributed by atoms with E-state index in [4.69, 9.17) is 13.9 Å². The second-order valence-electron chi connectivity index (χ2n) is 6.11. The van der Waals surface area contributed by atoms with Crippen LogP contribution in [0, 0.1) is 0 Å². The summed E-state index contributed by atoms with van der Waals surface area (Å²) in [4.78, 5) is 10.8. The number of hydrogen-bond donors (Lipinski definition) is 0. The van der Waals surface area contributed by atoms with Crippen molar-refractivity contribution in [1.29, 1.82) is 0 Å². The Kier molecular flexibility index (Phi) is 4.75. The normalized spacial score (nSPS) is 25.0. The standard InChI is InChI=1S/C13H24O4Si/c1-10(14)16-11-7-8-12(15-9-11)17-18(5,6)13(2,3)4/h7-8,11-12H,9H2,1-6H3/t11-,12-/m1/s1. The predicted octanol–water partition coefficient (Wildman–Crippen LogP) is 2.85. The quantitative estimate of drug-likeness (QED) is 0.450. The minimum absolute atomic E-state index is 0.150. The highest BCUT2D eigenvalue weighted by Gasteiger charge is 2.39. The fraction of sp³-hybridized carbons (Fsp3) is 0.769. The molecule has 0 aromatic carbocycles. The summed E-state index contributed by atoms with van der Waals surface area (Å²) < 4.78 is 16.7. The first kappa shape index (κ1) is 15.4. The Morgan fingerprint density at radius 2 is 1.94 bits per heavy atom. The van der Waals surface area contributed by atoms with Gasteiger partial charge < -0.3 is 13.9 Å². The van der Waals surface area contributed by atoms with Crippen LogP contribution >= 0.6 is 0 Å². The molecule has 0 fully saturated rings. The summed E-state index contributed by atoms with van der Waals surface area (Å²) in [6, 6.07) is 0. The molecule has 0 bridgehead atoms. The average molecular weight is 272 g/mol. The van der Waals surface area contributed by atoms with Gasteiger partial charge in [0, 0.05) is 6.92 Å². The van der Waals surface area contributed by atoms with Gasteiger partial charge in [0.05, 0.1) is 6.61 Å². The Bertz CT molecular complexity index is 330. The SMILES string of the molecule is CC(=O)O[C@@H]1C=C[C@@H](O[Si](C)(C)C(C)(C)C)OC1. The number of esters is 1. The lowest BCUT2D eigenvalue weighted by Crippen LogP contribution is -2.45. The van der Waals surface area contributed by atoms with Gasteiger partial charge >= 0.3 is 5.97 Å². The van der Waals surface area contributed by atoms with Gasteiger partial charge in [0.15, 0.2) is 14.6 Å². The van der Waals surface area contributed by atoms with Gasteiger partial charge in [-0.1, -0.05) is 20.8 Å². The molecule has 1 rings (SSSR count). The lowest BCUT2D eigenvalue weighted by molar-refractivity contribution is -0.152. The van der Waals surface area contributed by atoms with Crippen LogP contribution in [0.4, 0.5) is 0 Å². The lowest BCUT2D eigenvalue weighted by Gasteiger charge is -2.39. The van der Waals surface area contributed by atoms with Crippen LogP contribution in [0.1, 0.15) is 27.7 Å². The lowest BCUT2D eigenvalue weighted by atomic mass is 10.2. The average Bonchev–Trinajstić information content (AvgIpc) is 2.18. The van der Waals surface area contributed by atoms with E-state index < -0.39 is 8.32 Å². The molecule has 104 valence electrons. The molecule has 4 nitrogen and oxygen atoms in total. The zero-order valence-corrected chi connectivity index (χ0v) is 13.1. The second-order valence-corrected chi connectivity index (χ2v) is 10.9. The molecule has 1 aliphatic rings. The van der Waals surface area contributed by atoms with Crippen LogP contribution < -0.4 is 0 Å². The Hall–Kier alpha value is -0.653. The van der Waals surface area contributed by atoms with Crippen molar-refractivity contribution in [1.82, 2.24) is 0 Å². The van der Waals surface area contributed by atoms with E-state index >= 15 is 0 Å². The topological polar surface area (TPSA) is 44.8 Å². The summed E-state index contributed by atoms with van der Waals surface area (Å²) in [5.74, 6) is -0.294. The van der Waals surface area contributed by atoms with Gasteiger partial charge in [-0.3, -0.25) is 4.79 Å². The highest BCUT2D eigenvalue weighted by molar-refractivity contribution is 6.74. The van der Waals surface area contributed by atoms with Gasteiger partial charge in [-0.05, 0) is 30.3 Å². The van der Waals surface area contributed by atoms with Crippen molar-refractivity contribution < 1.29 is 18.7 Å². The Morgan fingerprint density at radius 3 is 2.33 bits per heavy atom. The Labute approximate surface area is 110 Å². The molecule has 0 radical (unpaired) electrons. The Morgan fingerprint density at radius 1 is 1.33 bits per heavy atom. The van der Waals surface area contributed by atoms with E-state index in [9.17, 15) is 4.79 Å². The zero-order valence-electron chi connectivity index (χ0n) is 12.1. The first-order valence-electron chi connectivity index (χ1n) is 6.27. The number of carbonyl (C=O) groups is 1. The zero-order chi connectivity index (χ0) is 14.0. The third-order valence-corrected chi connectivity index (χ3v) is 7.88. The fourth-order valence-electron chi connectivity index (χ4n) is 1.34. The molecule has 5 heteroatoms. The molecule has 0 unspecified atom stereocenters. The van der Waals surface area contributed by atoms with Crippen molar-refractivity contribution in [2.24, 2.45) is 0 Å². The smallest absolute Gasteiger partial charge is 0.303 e. The molecule has 0 N–H and O–H groups in total. The maximum Gasteiger partial charge on any atom is 0.303 e. The summed E-state index contributed by atoms with van der Waals surface area (Å²) in [5, 5.41) is 0.150. The largest absolute Gasteiger partial charge is 0.456 e. The van der Waals surface area contributed by atoms with E-state index in [0.29, 0.717) is 6.61 Å². The minimum Gasteiger partial charge on any atom is -0.456 e. The highest BCUT2D eigenvalue weighted by atomic mass is 28.4. The van der Waals surface area contributed by atoms with Crippen LogP contribution in [0.15, 0.2) is 12.2 Å². The molecule has 1 aliphatic heterocycles. The fourth-order valence-corrected chi connectivity index (χ4v) is 2.42. The molecule has 0 spiro atoms. The van der Waals surface area contributed by atoms with Crippen molar-refractivity contribution in [3.8, 4) is 0 Å². The number of hydrogen-bond acceptors (Lipinski definition) is 4. The minimum atomic E-state index is -1.83. The molecular formula is C13H24O4Si. The van der Waals surface area contributed by atoms with Crippen LogP contribution in [0.25, 0.3) is 0 Å². The first-order chi connectivity index (χ1) is 8.12. The van der Waals surface area contributed by atoms with Gasteiger partial charge in [0.1, 0.15) is 6.10 Å². The summed E-state index contributed by atoms with van der Waals surface area (Å²) in [7, 11) is -1.83. The van der Waals surface area contributed by atoms with Crippen molar-refractivity contribution in [2.45, 2.75) is 58.2 Å². The predicted molar refractivity (Wildman–Crippen MR) is 72.7 cm³/mol. The van der Waals surface area contributed by atoms with Crippen molar-refractivity contribution in [3.05, 3.63) is 12.2 Å². The molecule has 0 aliphatic carbocycles. The molecule has 0 amide bonds.